The summed E-state index contributed by atoms with van der Waals surface area (Å²) in [4.78, 5) is 14.3. The van der Waals surface area contributed by atoms with Crippen molar-refractivity contribution in [3.05, 3.63) is 0 Å². The van der Waals surface area contributed by atoms with Gasteiger partial charge in [0, 0.05) is 19.0 Å². The summed E-state index contributed by atoms with van der Waals surface area (Å²) in [5, 5.41) is 3.33. The van der Waals surface area contributed by atoms with Crippen LogP contribution in [0.25, 0.3) is 0 Å². The molecule has 2 fully saturated rings. The highest BCUT2D eigenvalue weighted by Gasteiger charge is 2.29. The molecular weight excluding hydrogens is 200 g/mol. The summed E-state index contributed by atoms with van der Waals surface area (Å²) in [7, 11) is 0. The van der Waals surface area contributed by atoms with Gasteiger partial charge in [0.1, 0.15) is 0 Å². The monoisotopic (exact) mass is 224 g/mol. The first-order valence-electron chi connectivity index (χ1n) is 6.68. The number of carbonyl (C=O) groups is 1. The maximum absolute atomic E-state index is 12.2. The van der Waals surface area contributed by atoms with Crippen molar-refractivity contribution in [2.45, 2.75) is 45.6 Å². The van der Waals surface area contributed by atoms with E-state index in [2.05, 4.69) is 24.1 Å². The molecule has 2 rings (SSSR count). The van der Waals surface area contributed by atoms with Crippen LogP contribution in [0.15, 0.2) is 0 Å². The van der Waals surface area contributed by atoms with Crippen LogP contribution in [-0.4, -0.2) is 36.5 Å². The second-order valence-corrected chi connectivity index (χ2v) is 5.51. The van der Waals surface area contributed by atoms with E-state index in [9.17, 15) is 4.79 Å². The Hall–Kier alpha value is -0.570. The molecule has 1 N–H and O–H groups in total. The minimum atomic E-state index is 0.382. The SMILES string of the molecule is CC1CCCN(C(=O)CC2CCNC2)C1C. The molecule has 0 radical (unpaired) electrons. The maximum Gasteiger partial charge on any atom is 0.223 e. The Labute approximate surface area is 98.6 Å². The average Bonchev–Trinajstić information content (AvgIpc) is 2.74. The summed E-state index contributed by atoms with van der Waals surface area (Å²) in [5.41, 5.74) is 0. The molecule has 2 aliphatic rings. The number of hydrogen-bond acceptors (Lipinski definition) is 2. The molecule has 3 heteroatoms. The molecule has 0 aliphatic carbocycles. The predicted molar refractivity (Wildman–Crippen MR) is 65.2 cm³/mol. The van der Waals surface area contributed by atoms with Crippen LogP contribution in [0.3, 0.4) is 0 Å². The van der Waals surface area contributed by atoms with Gasteiger partial charge in [-0.05, 0) is 51.1 Å². The van der Waals surface area contributed by atoms with E-state index < -0.39 is 0 Å². The summed E-state index contributed by atoms with van der Waals surface area (Å²) in [5.74, 6) is 1.63. The van der Waals surface area contributed by atoms with Gasteiger partial charge in [-0.15, -0.1) is 0 Å². The van der Waals surface area contributed by atoms with E-state index in [1.54, 1.807) is 0 Å². The van der Waals surface area contributed by atoms with Crippen LogP contribution in [0.2, 0.25) is 0 Å². The minimum absolute atomic E-state index is 0.382. The van der Waals surface area contributed by atoms with Gasteiger partial charge in [-0.1, -0.05) is 6.92 Å². The quantitative estimate of drug-likeness (QED) is 0.773. The second kappa shape index (κ2) is 5.17. The van der Waals surface area contributed by atoms with Gasteiger partial charge in [0.2, 0.25) is 5.91 Å². The fourth-order valence-corrected chi connectivity index (χ4v) is 2.94. The van der Waals surface area contributed by atoms with E-state index in [0.29, 0.717) is 23.8 Å². The lowest BCUT2D eigenvalue weighted by Gasteiger charge is -2.38. The fraction of sp³-hybridized carbons (Fsp3) is 0.923. The van der Waals surface area contributed by atoms with Crippen LogP contribution in [0, 0.1) is 11.8 Å². The van der Waals surface area contributed by atoms with Crippen LogP contribution in [0.4, 0.5) is 0 Å². The molecule has 0 aromatic heterocycles. The third-order valence-electron chi connectivity index (χ3n) is 4.32. The van der Waals surface area contributed by atoms with Crippen molar-refractivity contribution in [2.24, 2.45) is 11.8 Å². The highest BCUT2D eigenvalue weighted by Crippen LogP contribution is 2.25. The van der Waals surface area contributed by atoms with Crippen molar-refractivity contribution in [2.75, 3.05) is 19.6 Å². The summed E-state index contributed by atoms with van der Waals surface area (Å²) >= 11 is 0. The molecular formula is C13H24N2O. The van der Waals surface area contributed by atoms with Crippen molar-refractivity contribution in [1.29, 1.82) is 0 Å². The molecule has 2 saturated heterocycles. The van der Waals surface area contributed by atoms with Crippen molar-refractivity contribution < 1.29 is 4.79 Å². The van der Waals surface area contributed by atoms with Gasteiger partial charge in [-0.2, -0.15) is 0 Å². The third kappa shape index (κ3) is 2.57. The molecule has 3 unspecified atom stereocenters. The van der Waals surface area contributed by atoms with E-state index in [1.165, 1.54) is 19.3 Å². The van der Waals surface area contributed by atoms with E-state index in [-0.39, 0.29) is 0 Å². The normalized spacial score (nSPS) is 35.4. The Balaban J connectivity index is 1.87. The van der Waals surface area contributed by atoms with Crippen molar-refractivity contribution in [3.63, 3.8) is 0 Å². The van der Waals surface area contributed by atoms with Crippen LogP contribution in [0.1, 0.15) is 39.5 Å². The molecule has 3 atom stereocenters. The lowest BCUT2D eigenvalue weighted by atomic mass is 9.91. The van der Waals surface area contributed by atoms with Gasteiger partial charge in [-0.25, -0.2) is 0 Å². The molecule has 3 nitrogen and oxygen atoms in total. The maximum atomic E-state index is 12.2. The molecule has 2 heterocycles. The van der Waals surface area contributed by atoms with Gasteiger partial charge in [0.05, 0.1) is 0 Å². The number of rotatable bonds is 2. The second-order valence-electron chi connectivity index (χ2n) is 5.51. The largest absolute Gasteiger partial charge is 0.340 e. The Morgan fingerprint density at radius 3 is 2.88 bits per heavy atom. The molecule has 16 heavy (non-hydrogen) atoms. The van der Waals surface area contributed by atoms with Gasteiger partial charge in [0.25, 0.3) is 0 Å². The van der Waals surface area contributed by atoms with Gasteiger partial charge < -0.3 is 10.2 Å². The van der Waals surface area contributed by atoms with Gasteiger partial charge in [0.15, 0.2) is 0 Å². The first kappa shape index (κ1) is 11.9. The Morgan fingerprint density at radius 2 is 2.19 bits per heavy atom. The fourth-order valence-electron chi connectivity index (χ4n) is 2.94. The van der Waals surface area contributed by atoms with Crippen molar-refractivity contribution >= 4 is 5.91 Å². The average molecular weight is 224 g/mol. The Kier molecular flexibility index (Phi) is 3.85. The molecule has 1 amide bonds. The van der Waals surface area contributed by atoms with E-state index in [1.807, 2.05) is 0 Å². The van der Waals surface area contributed by atoms with Crippen molar-refractivity contribution in [3.8, 4) is 0 Å². The number of amides is 1. The Bertz CT molecular complexity index is 248. The first-order chi connectivity index (χ1) is 7.68. The molecule has 2 aliphatic heterocycles. The highest BCUT2D eigenvalue weighted by atomic mass is 16.2. The summed E-state index contributed by atoms with van der Waals surface area (Å²) in [6, 6.07) is 0.440. The topological polar surface area (TPSA) is 32.3 Å². The summed E-state index contributed by atoms with van der Waals surface area (Å²) < 4.78 is 0. The molecule has 0 aromatic rings. The zero-order valence-corrected chi connectivity index (χ0v) is 10.5. The van der Waals surface area contributed by atoms with E-state index in [0.717, 1.165) is 26.1 Å². The van der Waals surface area contributed by atoms with Crippen LogP contribution >= 0.6 is 0 Å². The standard InChI is InChI=1S/C13H24N2O/c1-10-4-3-7-15(11(10)2)13(16)8-12-5-6-14-9-12/h10-12,14H,3-9H2,1-2H3. The lowest BCUT2D eigenvalue weighted by molar-refractivity contribution is -0.136. The number of hydrogen-bond donors (Lipinski definition) is 1. The summed E-state index contributed by atoms with van der Waals surface area (Å²) in [6.45, 7) is 7.56. The summed E-state index contributed by atoms with van der Waals surface area (Å²) in [6.07, 6.45) is 4.38. The van der Waals surface area contributed by atoms with Crippen molar-refractivity contribution in [1.82, 2.24) is 10.2 Å². The zero-order valence-electron chi connectivity index (χ0n) is 10.5. The number of nitrogens with one attached hydrogen (secondary N) is 1. The lowest BCUT2D eigenvalue weighted by Crippen LogP contribution is -2.46. The van der Waals surface area contributed by atoms with Crippen LogP contribution < -0.4 is 5.32 Å². The van der Waals surface area contributed by atoms with E-state index in [4.69, 9.17) is 0 Å². The number of likely N-dealkylation sites (tertiary alicyclic amines) is 1. The molecule has 0 bridgehead atoms. The van der Waals surface area contributed by atoms with Gasteiger partial charge >= 0.3 is 0 Å². The Morgan fingerprint density at radius 1 is 1.38 bits per heavy atom. The smallest absolute Gasteiger partial charge is 0.223 e. The number of nitrogens with zero attached hydrogens (tertiary/aromatic N) is 1. The third-order valence-corrected chi connectivity index (χ3v) is 4.32. The molecule has 0 aromatic carbocycles. The zero-order chi connectivity index (χ0) is 11.5. The van der Waals surface area contributed by atoms with E-state index >= 15 is 0 Å². The van der Waals surface area contributed by atoms with Gasteiger partial charge in [-0.3, -0.25) is 4.79 Å². The minimum Gasteiger partial charge on any atom is -0.340 e. The molecule has 0 saturated carbocycles. The van der Waals surface area contributed by atoms with Crippen LogP contribution in [0.5, 0.6) is 0 Å². The van der Waals surface area contributed by atoms with Crippen LogP contribution in [-0.2, 0) is 4.79 Å². The first-order valence-corrected chi connectivity index (χ1v) is 6.68. The predicted octanol–water partition coefficient (Wildman–Crippen LogP) is 1.63. The molecule has 0 spiro atoms. The number of piperidine rings is 1. The number of carbonyl (C=O) groups excluding carboxylic acids is 1. The molecule has 92 valence electrons. The highest BCUT2D eigenvalue weighted by molar-refractivity contribution is 5.77.